The number of carbonyl (C=O) groups is 1. The smallest absolute Gasteiger partial charge is 0.259 e. The summed E-state index contributed by atoms with van der Waals surface area (Å²) in [7, 11) is -3.06. The fourth-order valence-corrected chi connectivity index (χ4v) is 3.17. The average molecular weight is 270 g/mol. The molecule has 98 valence electrons. The van der Waals surface area contributed by atoms with Crippen LogP contribution in [0.15, 0.2) is 23.3 Å². The topological polar surface area (TPSA) is 87.3 Å². The molecule has 7 heteroatoms. The average Bonchev–Trinajstić information content (AvgIpc) is 2.50. The van der Waals surface area contributed by atoms with Crippen LogP contribution < -0.4 is 5.43 Å². The molecule has 0 saturated carbocycles. The van der Waals surface area contributed by atoms with Gasteiger partial charge in [0, 0.05) is 31.5 Å². The number of rotatable bonds is 1. The summed E-state index contributed by atoms with van der Waals surface area (Å²) >= 11 is 0. The number of pyridine rings is 1. The van der Waals surface area contributed by atoms with Gasteiger partial charge < -0.3 is 9.88 Å². The molecule has 0 aliphatic carbocycles. The maximum absolute atomic E-state index is 12.1. The van der Waals surface area contributed by atoms with Gasteiger partial charge in [-0.25, -0.2) is 8.42 Å². The van der Waals surface area contributed by atoms with Gasteiger partial charge in [-0.3, -0.25) is 9.59 Å². The van der Waals surface area contributed by atoms with E-state index in [1.165, 1.54) is 23.4 Å². The third-order valence-corrected chi connectivity index (χ3v) is 4.61. The lowest BCUT2D eigenvalue weighted by molar-refractivity contribution is 0.0767. The second kappa shape index (κ2) is 4.93. The fourth-order valence-electron chi connectivity index (χ4n) is 1.90. The van der Waals surface area contributed by atoms with Gasteiger partial charge in [0.25, 0.3) is 5.91 Å². The molecule has 0 atom stereocenters. The largest absolute Gasteiger partial charge is 0.367 e. The van der Waals surface area contributed by atoms with Gasteiger partial charge in [0.2, 0.25) is 0 Å². The van der Waals surface area contributed by atoms with Crippen LogP contribution in [0, 0.1) is 0 Å². The Labute approximate surface area is 105 Å². The third kappa shape index (κ3) is 2.79. The van der Waals surface area contributed by atoms with Crippen molar-refractivity contribution in [2.75, 3.05) is 24.6 Å². The van der Waals surface area contributed by atoms with E-state index in [0.717, 1.165) is 0 Å². The van der Waals surface area contributed by atoms with Crippen molar-refractivity contribution in [3.05, 3.63) is 34.2 Å². The first-order valence-electron chi connectivity index (χ1n) is 5.66. The van der Waals surface area contributed by atoms with Crippen LogP contribution in [0.4, 0.5) is 0 Å². The van der Waals surface area contributed by atoms with Gasteiger partial charge in [0.05, 0.1) is 11.5 Å². The maximum atomic E-state index is 12.1. The molecule has 0 unspecified atom stereocenters. The Morgan fingerprint density at radius 3 is 2.78 bits per heavy atom. The van der Waals surface area contributed by atoms with Crippen LogP contribution in [-0.2, 0) is 9.84 Å². The van der Waals surface area contributed by atoms with Crippen molar-refractivity contribution in [1.82, 2.24) is 9.88 Å². The third-order valence-electron chi connectivity index (χ3n) is 2.90. The van der Waals surface area contributed by atoms with Crippen molar-refractivity contribution in [1.29, 1.82) is 0 Å². The Hall–Kier alpha value is -1.63. The van der Waals surface area contributed by atoms with E-state index in [9.17, 15) is 18.0 Å². The summed E-state index contributed by atoms with van der Waals surface area (Å²) in [5, 5.41) is 0. The number of amides is 1. The molecule has 0 radical (unpaired) electrons. The number of nitrogens with zero attached hydrogens (tertiary/aromatic N) is 1. The van der Waals surface area contributed by atoms with E-state index in [0.29, 0.717) is 13.0 Å². The Morgan fingerprint density at radius 1 is 1.28 bits per heavy atom. The van der Waals surface area contributed by atoms with Gasteiger partial charge in [-0.2, -0.15) is 0 Å². The minimum absolute atomic E-state index is 0.0382. The van der Waals surface area contributed by atoms with Gasteiger partial charge >= 0.3 is 0 Å². The first-order valence-corrected chi connectivity index (χ1v) is 7.48. The molecule has 2 rings (SSSR count). The molecule has 6 nitrogen and oxygen atoms in total. The van der Waals surface area contributed by atoms with E-state index >= 15 is 0 Å². The van der Waals surface area contributed by atoms with Crippen LogP contribution in [0.1, 0.15) is 16.8 Å². The molecule has 18 heavy (non-hydrogen) atoms. The molecule has 0 aromatic carbocycles. The standard InChI is InChI=1S/C11H14N2O4S/c14-10-2-3-12-8-9(10)11(15)13-4-1-6-18(16,17)7-5-13/h2-3,8H,1,4-7H2,(H,12,14). The highest BCUT2D eigenvalue weighted by atomic mass is 32.2. The molecule has 1 aliphatic rings. The first kappa shape index (κ1) is 12.8. The van der Waals surface area contributed by atoms with Gasteiger partial charge in [-0.15, -0.1) is 0 Å². The van der Waals surface area contributed by atoms with Crippen LogP contribution >= 0.6 is 0 Å². The van der Waals surface area contributed by atoms with Crippen LogP contribution in [0.5, 0.6) is 0 Å². The molecule has 1 aromatic heterocycles. The molecule has 2 heterocycles. The summed E-state index contributed by atoms with van der Waals surface area (Å²) in [6, 6.07) is 1.28. The monoisotopic (exact) mass is 270 g/mol. The molecular formula is C11H14N2O4S. The summed E-state index contributed by atoms with van der Waals surface area (Å²) in [5.41, 5.74) is -0.303. The highest BCUT2D eigenvalue weighted by Gasteiger charge is 2.24. The van der Waals surface area contributed by atoms with Gasteiger partial charge in [0.15, 0.2) is 15.3 Å². The Morgan fingerprint density at radius 2 is 2.06 bits per heavy atom. The fraction of sp³-hybridized carbons (Fsp3) is 0.455. The van der Waals surface area contributed by atoms with E-state index in [-0.39, 0.29) is 29.0 Å². The molecule has 1 saturated heterocycles. The van der Waals surface area contributed by atoms with Crippen molar-refractivity contribution in [2.45, 2.75) is 6.42 Å². The van der Waals surface area contributed by atoms with E-state index in [2.05, 4.69) is 4.98 Å². The van der Waals surface area contributed by atoms with Crippen LogP contribution in [-0.4, -0.2) is 48.8 Å². The summed E-state index contributed by atoms with van der Waals surface area (Å²) in [6.07, 6.45) is 3.22. The maximum Gasteiger partial charge on any atom is 0.259 e. The molecule has 0 spiro atoms. The molecule has 1 N–H and O–H groups in total. The lowest BCUT2D eigenvalue weighted by Gasteiger charge is -2.19. The van der Waals surface area contributed by atoms with E-state index in [1.54, 1.807) is 0 Å². The Balaban J connectivity index is 2.20. The van der Waals surface area contributed by atoms with Crippen LogP contribution in [0.3, 0.4) is 0 Å². The highest BCUT2D eigenvalue weighted by Crippen LogP contribution is 2.07. The van der Waals surface area contributed by atoms with Gasteiger partial charge in [-0.1, -0.05) is 0 Å². The SMILES string of the molecule is O=C(c1c[nH]ccc1=O)N1CCCS(=O)(=O)CC1. The van der Waals surface area contributed by atoms with E-state index in [4.69, 9.17) is 0 Å². The normalized spacial score (nSPS) is 19.2. The number of hydrogen-bond donors (Lipinski definition) is 1. The number of carbonyl (C=O) groups excluding carboxylic acids is 1. The number of aromatic nitrogens is 1. The van der Waals surface area contributed by atoms with Crippen LogP contribution in [0.2, 0.25) is 0 Å². The Bertz CT molecular complexity index is 605. The van der Waals surface area contributed by atoms with Crippen molar-refractivity contribution in [3.63, 3.8) is 0 Å². The second-order valence-corrected chi connectivity index (χ2v) is 6.52. The quantitative estimate of drug-likeness (QED) is 0.754. The first-order chi connectivity index (χ1) is 8.49. The summed E-state index contributed by atoms with van der Waals surface area (Å²) in [6.45, 7) is 0.516. The zero-order valence-corrected chi connectivity index (χ0v) is 10.6. The van der Waals surface area contributed by atoms with Crippen LogP contribution in [0.25, 0.3) is 0 Å². The minimum Gasteiger partial charge on any atom is -0.367 e. The summed E-state index contributed by atoms with van der Waals surface area (Å²) in [5.74, 6) is -0.347. The second-order valence-electron chi connectivity index (χ2n) is 4.22. The molecule has 0 bridgehead atoms. The number of hydrogen-bond acceptors (Lipinski definition) is 4. The summed E-state index contributed by atoms with van der Waals surface area (Å²) in [4.78, 5) is 27.7. The van der Waals surface area contributed by atoms with Crippen molar-refractivity contribution < 1.29 is 13.2 Å². The molecule has 1 fully saturated rings. The lowest BCUT2D eigenvalue weighted by Crippen LogP contribution is -2.36. The van der Waals surface area contributed by atoms with E-state index < -0.39 is 15.7 Å². The molecular weight excluding hydrogens is 256 g/mol. The molecule has 1 amide bonds. The van der Waals surface area contributed by atoms with Crippen molar-refractivity contribution in [2.24, 2.45) is 0 Å². The predicted octanol–water partition coefficient (Wildman–Crippen LogP) is -0.364. The highest BCUT2D eigenvalue weighted by molar-refractivity contribution is 7.91. The lowest BCUT2D eigenvalue weighted by atomic mass is 10.2. The minimum atomic E-state index is -3.06. The van der Waals surface area contributed by atoms with Gasteiger partial charge in [-0.05, 0) is 6.42 Å². The molecule has 1 aromatic rings. The number of sulfone groups is 1. The van der Waals surface area contributed by atoms with Crippen molar-refractivity contribution >= 4 is 15.7 Å². The number of nitrogens with one attached hydrogen (secondary N) is 1. The number of H-pyrrole nitrogens is 1. The number of aromatic amines is 1. The van der Waals surface area contributed by atoms with E-state index in [1.807, 2.05) is 0 Å². The zero-order valence-electron chi connectivity index (χ0n) is 9.76. The Kier molecular flexibility index (Phi) is 3.51. The van der Waals surface area contributed by atoms with Crippen molar-refractivity contribution in [3.8, 4) is 0 Å². The molecule has 1 aliphatic heterocycles. The zero-order chi connectivity index (χ0) is 13.2. The van der Waals surface area contributed by atoms with Gasteiger partial charge in [0.1, 0.15) is 5.56 Å². The summed E-state index contributed by atoms with van der Waals surface area (Å²) < 4.78 is 22.9. The predicted molar refractivity (Wildman–Crippen MR) is 66.2 cm³/mol.